The number of hydrogen-bond acceptors (Lipinski definition) is 2. The normalized spacial score (nSPS) is 16.4. The maximum atomic E-state index is 11.6. The van der Waals surface area contributed by atoms with Crippen LogP contribution in [-0.2, 0) is 4.84 Å². The minimum atomic E-state index is -0.510. The number of allylic oxidation sites excluding steroid dienone is 3. The molecule has 0 spiro atoms. The van der Waals surface area contributed by atoms with Crippen molar-refractivity contribution in [2.24, 2.45) is 0 Å². The molecule has 0 atom stereocenters. The predicted molar refractivity (Wildman–Crippen MR) is 27.4 cm³/mol. The lowest BCUT2D eigenvalue weighted by Crippen LogP contribution is -2.13. The zero-order chi connectivity index (χ0) is 5.82. The molecule has 0 saturated heterocycles. The lowest BCUT2D eigenvalue weighted by Gasteiger charge is -2.07. The Morgan fingerprint density at radius 1 is 1.75 bits per heavy atom. The zero-order valence-corrected chi connectivity index (χ0v) is 4.23. The second-order valence-corrected chi connectivity index (χ2v) is 1.37. The molecule has 0 amide bonds. The molecule has 2 nitrogen and oxygen atoms in total. The highest BCUT2D eigenvalue weighted by Crippen LogP contribution is 1.95. The molecule has 0 radical (unpaired) electrons. The molecule has 1 rings (SSSR count). The van der Waals surface area contributed by atoms with Gasteiger partial charge in [0.25, 0.3) is 0 Å². The number of alkyl halides is 1. The summed E-state index contributed by atoms with van der Waals surface area (Å²) < 4.78 is 11.6. The van der Waals surface area contributed by atoms with E-state index in [2.05, 4.69) is 10.3 Å². The molecule has 0 unspecified atom stereocenters. The molecule has 0 saturated carbocycles. The van der Waals surface area contributed by atoms with Gasteiger partial charge < -0.3 is 4.84 Å². The molecule has 1 N–H and O–H groups in total. The van der Waals surface area contributed by atoms with E-state index in [9.17, 15) is 4.39 Å². The van der Waals surface area contributed by atoms with E-state index in [1.807, 2.05) is 0 Å². The predicted octanol–water partition coefficient (Wildman–Crippen LogP) is 0.888. The van der Waals surface area contributed by atoms with E-state index in [-0.39, 0.29) is 0 Å². The number of halogens is 1. The topological polar surface area (TPSA) is 21.3 Å². The van der Waals surface area contributed by atoms with Crippen LogP contribution in [0, 0.1) is 0 Å². The molecule has 3 heteroatoms. The summed E-state index contributed by atoms with van der Waals surface area (Å²) in [5.74, 6) is 0. The van der Waals surface area contributed by atoms with Gasteiger partial charge in [-0.25, -0.2) is 9.87 Å². The second-order valence-electron chi connectivity index (χ2n) is 1.37. The van der Waals surface area contributed by atoms with Gasteiger partial charge in [0.2, 0.25) is 0 Å². The third kappa shape index (κ3) is 0.992. The van der Waals surface area contributed by atoms with Gasteiger partial charge in [0, 0.05) is 0 Å². The van der Waals surface area contributed by atoms with Gasteiger partial charge in [-0.1, -0.05) is 0 Å². The molecule has 0 aliphatic carbocycles. The summed E-state index contributed by atoms with van der Waals surface area (Å²) in [4.78, 5) is 4.53. The van der Waals surface area contributed by atoms with Gasteiger partial charge in [0.05, 0.1) is 5.70 Å². The Morgan fingerprint density at radius 3 is 3.00 bits per heavy atom. The standard InChI is InChI=1S/C5H6FNO/c6-4-5-2-1-3-8-7-5/h1-3,7H,4H2. The van der Waals surface area contributed by atoms with Crippen molar-refractivity contribution >= 4 is 0 Å². The smallest absolute Gasteiger partial charge is 0.132 e. The molecule has 1 aliphatic heterocycles. The van der Waals surface area contributed by atoms with Crippen LogP contribution < -0.4 is 5.48 Å². The van der Waals surface area contributed by atoms with Crippen molar-refractivity contribution in [2.45, 2.75) is 0 Å². The lowest BCUT2D eigenvalue weighted by atomic mass is 10.4. The Kier molecular flexibility index (Phi) is 1.51. The SMILES string of the molecule is FCC1=CC=CON1. The molecule has 44 valence electrons. The van der Waals surface area contributed by atoms with Crippen LogP contribution in [0.4, 0.5) is 4.39 Å². The van der Waals surface area contributed by atoms with E-state index in [1.165, 1.54) is 6.26 Å². The highest BCUT2D eigenvalue weighted by molar-refractivity contribution is 5.11. The Balaban J connectivity index is 2.50. The molecular weight excluding hydrogens is 109 g/mol. The molecule has 0 fully saturated rings. The van der Waals surface area contributed by atoms with Crippen LogP contribution in [-0.4, -0.2) is 6.67 Å². The fourth-order valence-electron chi connectivity index (χ4n) is 0.410. The van der Waals surface area contributed by atoms with Gasteiger partial charge in [-0.05, 0) is 12.2 Å². The van der Waals surface area contributed by atoms with E-state index in [1.54, 1.807) is 12.2 Å². The summed E-state index contributed by atoms with van der Waals surface area (Å²) in [5.41, 5.74) is 2.82. The molecular formula is C5H6FNO. The first-order valence-electron chi connectivity index (χ1n) is 2.27. The van der Waals surface area contributed by atoms with E-state index < -0.39 is 6.67 Å². The average Bonchev–Trinajstić information content (AvgIpc) is 1.90. The van der Waals surface area contributed by atoms with Crippen molar-refractivity contribution in [1.82, 2.24) is 5.48 Å². The van der Waals surface area contributed by atoms with Gasteiger partial charge in [-0.2, -0.15) is 0 Å². The van der Waals surface area contributed by atoms with Crippen molar-refractivity contribution < 1.29 is 9.23 Å². The van der Waals surface area contributed by atoms with Gasteiger partial charge in [0.1, 0.15) is 12.9 Å². The molecule has 8 heavy (non-hydrogen) atoms. The number of rotatable bonds is 1. The fraction of sp³-hybridized carbons (Fsp3) is 0.200. The van der Waals surface area contributed by atoms with E-state index in [4.69, 9.17) is 0 Å². The van der Waals surface area contributed by atoms with Crippen molar-refractivity contribution in [3.63, 3.8) is 0 Å². The van der Waals surface area contributed by atoms with E-state index >= 15 is 0 Å². The maximum absolute atomic E-state index is 11.6. The van der Waals surface area contributed by atoms with Gasteiger partial charge in [0.15, 0.2) is 0 Å². The monoisotopic (exact) mass is 115 g/mol. The quantitative estimate of drug-likeness (QED) is 0.548. The summed E-state index contributed by atoms with van der Waals surface area (Å²) in [7, 11) is 0. The zero-order valence-electron chi connectivity index (χ0n) is 4.23. The molecule has 0 aromatic rings. The molecule has 0 aromatic carbocycles. The Bertz CT molecular complexity index is 130. The van der Waals surface area contributed by atoms with Crippen LogP contribution in [0.3, 0.4) is 0 Å². The highest BCUT2D eigenvalue weighted by atomic mass is 19.1. The Hall–Kier alpha value is -0.990. The summed E-state index contributed by atoms with van der Waals surface area (Å²) in [5, 5.41) is 0. The molecule has 0 aromatic heterocycles. The third-order valence-corrected chi connectivity index (χ3v) is 0.778. The largest absolute Gasteiger partial charge is 0.390 e. The van der Waals surface area contributed by atoms with Crippen molar-refractivity contribution in [3.05, 3.63) is 24.1 Å². The average molecular weight is 115 g/mol. The first-order chi connectivity index (χ1) is 3.93. The van der Waals surface area contributed by atoms with Crippen LogP contribution in [0.25, 0.3) is 0 Å². The van der Waals surface area contributed by atoms with Gasteiger partial charge in [-0.15, -0.1) is 0 Å². The highest BCUT2D eigenvalue weighted by Gasteiger charge is 1.94. The van der Waals surface area contributed by atoms with Crippen molar-refractivity contribution in [2.75, 3.05) is 6.67 Å². The Morgan fingerprint density at radius 2 is 2.62 bits per heavy atom. The maximum Gasteiger partial charge on any atom is 0.132 e. The van der Waals surface area contributed by atoms with Crippen LogP contribution in [0.2, 0.25) is 0 Å². The minimum absolute atomic E-state index is 0.451. The Labute approximate surface area is 46.6 Å². The van der Waals surface area contributed by atoms with Crippen LogP contribution in [0.1, 0.15) is 0 Å². The molecule has 1 aliphatic rings. The second kappa shape index (κ2) is 2.35. The van der Waals surface area contributed by atoms with Crippen molar-refractivity contribution in [3.8, 4) is 0 Å². The number of nitrogens with one attached hydrogen (secondary N) is 1. The molecule has 1 heterocycles. The first kappa shape index (κ1) is 5.15. The van der Waals surface area contributed by atoms with Crippen molar-refractivity contribution in [1.29, 1.82) is 0 Å². The van der Waals surface area contributed by atoms with Crippen LogP contribution >= 0.6 is 0 Å². The van der Waals surface area contributed by atoms with E-state index in [0.717, 1.165) is 0 Å². The number of hydroxylamine groups is 1. The summed E-state index contributed by atoms with van der Waals surface area (Å²) >= 11 is 0. The summed E-state index contributed by atoms with van der Waals surface area (Å²) in [6, 6.07) is 0. The fourth-order valence-corrected chi connectivity index (χ4v) is 0.410. The van der Waals surface area contributed by atoms with Crippen LogP contribution in [0.5, 0.6) is 0 Å². The summed E-state index contributed by atoms with van der Waals surface area (Å²) in [6.45, 7) is -0.510. The lowest BCUT2D eigenvalue weighted by molar-refractivity contribution is 0.152. The van der Waals surface area contributed by atoms with Gasteiger partial charge in [-0.3, -0.25) is 0 Å². The number of hydrogen-bond donors (Lipinski definition) is 1. The first-order valence-corrected chi connectivity index (χ1v) is 2.27. The minimum Gasteiger partial charge on any atom is -0.390 e. The van der Waals surface area contributed by atoms with E-state index in [0.29, 0.717) is 5.70 Å². The third-order valence-electron chi connectivity index (χ3n) is 0.778. The van der Waals surface area contributed by atoms with Crippen LogP contribution in [0.15, 0.2) is 24.1 Å². The summed E-state index contributed by atoms with van der Waals surface area (Å²) in [6.07, 6.45) is 4.69. The van der Waals surface area contributed by atoms with Gasteiger partial charge >= 0.3 is 0 Å². The molecule has 0 bridgehead atoms.